The summed E-state index contributed by atoms with van der Waals surface area (Å²) in [5.41, 5.74) is 6.35. The van der Waals surface area contributed by atoms with Crippen LogP contribution in [0.4, 0.5) is 0 Å². The van der Waals surface area contributed by atoms with Crippen LogP contribution in [0.3, 0.4) is 0 Å². The molecule has 0 amide bonds. The summed E-state index contributed by atoms with van der Waals surface area (Å²) >= 11 is 0. The summed E-state index contributed by atoms with van der Waals surface area (Å²) in [5.74, 6) is 1.73. The maximum absolute atomic E-state index is 6.12. The van der Waals surface area contributed by atoms with Crippen LogP contribution in [-0.2, 0) is 0 Å². The average molecular weight is 250 g/mol. The van der Waals surface area contributed by atoms with Crippen LogP contribution in [0.15, 0.2) is 12.2 Å². The Morgan fingerprint density at radius 1 is 1.22 bits per heavy atom. The van der Waals surface area contributed by atoms with Gasteiger partial charge in [-0.1, -0.05) is 38.8 Å². The first-order valence-corrected chi connectivity index (χ1v) is 7.78. The molecule has 2 unspecified atom stereocenters. The van der Waals surface area contributed by atoms with Crippen molar-refractivity contribution in [2.45, 2.75) is 70.4 Å². The van der Waals surface area contributed by atoms with Gasteiger partial charge in [-0.2, -0.15) is 0 Å². The van der Waals surface area contributed by atoms with Crippen LogP contribution in [0.5, 0.6) is 0 Å². The Morgan fingerprint density at radius 2 is 1.94 bits per heavy atom. The highest BCUT2D eigenvalue weighted by atomic mass is 15.0. The Hall–Kier alpha value is -0.340. The molecule has 0 aromatic rings. The molecular formula is C16H30N2. The van der Waals surface area contributed by atoms with Crippen LogP contribution in [0.1, 0.15) is 58.8 Å². The number of hydrogen-bond acceptors (Lipinski definition) is 2. The fourth-order valence-electron chi connectivity index (χ4n) is 3.68. The smallest absolute Gasteiger partial charge is 0.0306 e. The minimum atomic E-state index is 0.223. The lowest BCUT2D eigenvalue weighted by Crippen LogP contribution is -2.54. The summed E-state index contributed by atoms with van der Waals surface area (Å²) in [6, 6.07) is 0.643. The molecule has 0 aromatic carbocycles. The second-order valence-corrected chi connectivity index (χ2v) is 6.70. The van der Waals surface area contributed by atoms with Crippen LogP contribution >= 0.6 is 0 Å². The average Bonchev–Trinajstić information content (AvgIpc) is 2.75. The largest absolute Gasteiger partial charge is 0.329 e. The first-order chi connectivity index (χ1) is 8.65. The van der Waals surface area contributed by atoms with Gasteiger partial charge < -0.3 is 11.1 Å². The zero-order valence-corrected chi connectivity index (χ0v) is 12.1. The third kappa shape index (κ3) is 3.36. The van der Waals surface area contributed by atoms with E-state index in [0.717, 1.165) is 18.4 Å². The fraction of sp³-hybridized carbons (Fsp3) is 0.875. The van der Waals surface area contributed by atoms with Crippen molar-refractivity contribution in [1.82, 2.24) is 5.32 Å². The highest BCUT2D eigenvalue weighted by molar-refractivity contribution is 5.02. The van der Waals surface area contributed by atoms with Gasteiger partial charge in [0.15, 0.2) is 0 Å². The summed E-state index contributed by atoms with van der Waals surface area (Å²) in [7, 11) is 0. The Kier molecular flexibility index (Phi) is 4.85. The molecule has 2 atom stereocenters. The fourth-order valence-corrected chi connectivity index (χ4v) is 3.68. The van der Waals surface area contributed by atoms with E-state index in [0.29, 0.717) is 6.04 Å². The van der Waals surface area contributed by atoms with Crippen LogP contribution in [0, 0.1) is 11.8 Å². The molecule has 0 aromatic heterocycles. The van der Waals surface area contributed by atoms with Gasteiger partial charge >= 0.3 is 0 Å². The van der Waals surface area contributed by atoms with Crippen molar-refractivity contribution in [3.63, 3.8) is 0 Å². The van der Waals surface area contributed by atoms with Gasteiger partial charge in [-0.15, -0.1) is 0 Å². The molecular weight excluding hydrogens is 220 g/mol. The molecule has 2 aliphatic rings. The van der Waals surface area contributed by atoms with Gasteiger partial charge in [-0.3, -0.25) is 0 Å². The molecule has 0 bridgehead atoms. The van der Waals surface area contributed by atoms with E-state index in [2.05, 4.69) is 31.3 Å². The molecule has 18 heavy (non-hydrogen) atoms. The lowest BCUT2D eigenvalue weighted by Gasteiger charge is -2.36. The second-order valence-electron chi connectivity index (χ2n) is 6.70. The maximum Gasteiger partial charge on any atom is 0.0306 e. The molecule has 2 nitrogen and oxygen atoms in total. The molecule has 104 valence electrons. The van der Waals surface area contributed by atoms with E-state index in [-0.39, 0.29) is 5.54 Å². The SMILES string of the molecule is CC(C)C1CCCC(CN)(NC2CC=CC2)CC1. The minimum Gasteiger partial charge on any atom is -0.329 e. The summed E-state index contributed by atoms with van der Waals surface area (Å²) in [5, 5.41) is 3.89. The van der Waals surface area contributed by atoms with E-state index in [1.54, 1.807) is 0 Å². The zero-order chi connectivity index (χ0) is 13.0. The summed E-state index contributed by atoms with van der Waals surface area (Å²) in [4.78, 5) is 0. The van der Waals surface area contributed by atoms with E-state index < -0.39 is 0 Å². The van der Waals surface area contributed by atoms with E-state index >= 15 is 0 Å². The van der Waals surface area contributed by atoms with Crippen molar-refractivity contribution in [2.24, 2.45) is 17.6 Å². The van der Waals surface area contributed by atoms with Gasteiger partial charge in [0.05, 0.1) is 0 Å². The van der Waals surface area contributed by atoms with Gasteiger partial charge in [0.2, 0.25) is 0 Å². The van der Waals surface area contributed by atoms with Crippen LogP contribution in [-0.4, -0.2) is 18.1 Å². The van der Waals surface area contributed by atoms with Crippen molar-refractivity contribution >= 4 is 0 Å². The molecule has 0 heterocycles. The van der Waals surface area contributed by atoms with E-state index in [9.17, 15) is 0 Å². The lowest BCUT2D eigenvalue weighted by atomic mass is 9.86. The molecule has 0 saturated heterocycles. The number of nitrogens with one attached hydrogen (secondary N) is 1. The molecule has 0 radical (unpaired) electrons. The Balaban J connectivity index is 1.94. The molecule has 2 aliphatic carbocycles. The topological polar surface area (TPSA) is 38.0 Å². The number of hydrogen-bond donors (Lipinski definition) is 2. The van der Waals surface area contributed by atoms with Crippen molar-refractivity contribution < 1.29 is 0 Å². The normalized spacial score (nSPS) is 34.1. The van der Waals surface area contributed by atoms with Crippen LogP contribution in [0.25, 0.3) is 0 Å². The highest BCUT2D eigenvalue weighted by Crippen LogP contribution is 2.34. The Labute approximate surface area is 112 Å². The molecule has 3 N–H and O–H groups in total. The Bertz CT molecular complexity index is 277. The monoisotopic (exact) mass is 250 g/mol. The number of nitrogens with two attached hydrogens (primary N) is 1. The predicted octanol–water partition coefficient (Wildman–Crippen LogP) is 3.23. The quantitative estimate of drug-likeness (QED) is 0.594. The predicted molar refractivity (Wildman–Crippen MR) is 78.5 cm³/mol. The molecule has 0 spiro atoms. The molecule has 0 aliphatic heterocycles. The van der Waals surface area contributed by atoms with Crippen molar-refractivity contribution in [1.29, 1.82) is 0 Å². The third-order valence-electron chi connectivity index (χ3n) is 5.08. The lowest BCUT2D eigenvalue weighted by molar-refractivity contribution is 0.252. The molecule has 1 fully saturated rings. The van der Waals surface area contributed by atoms with Crippen LogP contribution < -0.4 is 11.1 Å². The molecule has 1 saturated carbocycles. The van der Waals surface area contributed by atoms with Crippen molar-refractivity contribution in [2.75, 3.05) is 6.54 Å². The van der Waals surface area contributed by atoms with Crippen molar-refractivity contribution in [3.05, 3.63) is 12.2 Å². The van der Waals surface area contributed by atoms with E-state index in [4.69, 9.17) is 5.73 Å². The first-order valence-electron chi connectivity index (χ1n) is 7.78. The van der Waals surface area contributed by atoms with Gasteiger partial charge in [0, 0.05) is 18.1 Å². The van der Waals surface area contributed by atoms with Crippen LogP contribution in [0.2, 0.25) is 0 Å². The standard InChI is InChI=1S/C16H30N2/c1-13(2)14-6-5-10-16(12-17,11-9-14)18-15-7-3-4-8-15/h3-4,13-15,18H,5-12,17H2,1-2H3. The molecule has 2 heteroatoms. The maximum atomic E-state index is 6.12. The summed E-state index contributed by atoms with van der Waals surface area (Å²) in [6.45, 7) is 5.54. The zero-order valence-electron chi connectivity index (χ0n) is 12.1. The Morgan fingerprint density at radius 3 is 2.56 bits per heavy atom. The van der Waals surface area contributed by atoms with Gasteiger partial charge in [0.25, 0.3) is 0 Å². The first kappa shape index (κ1) is 14.1. The van der Waals surface area contributed by atoms with E-state index in [1.165, 1.54) is 44.9 Å². The van der Waals surface area contributed by atoms with E-state index in [1.807, 2.05) is 0 Å². The van der Waals surface area contributed by atoms with Gasteiger partial charge in [0.1, 0.15) is 0 Å². The number of rotatable bonds is 4. The third-order valence-corrected chi connectivity index (χ3v) is 5.08. The summed E-state index contributed by atoms with van der Waals surface area (Å²) < 4.78 is 0. The molecule has 2 rings (SSSR count). The van der Waals surface area contributed by atoms with Gasteiger partial charge in [-0.05, 0) is 43.9 Å². The summed E-state index contributed by atoms with van der Waals surface area (Å²) in [6.07, 6.45) is 13.6. The van der Waals surface area contributed by atoms with Crippen molar-refractivity contribution in [3.8, 4) is 0 Å². The van der Waals surface area contributed by atoms with Gasteiger partial charge in [-0.25, -0.2) is 0 Å². The minimum absolute atomic E-state index is 0.223. The second kappa shape index (κ2) is 6.21. The highest BCUT2D eigenvalue weighted by Gasteiger charge is 2.34.